The summed E-state index contributed by atoms with van der Waals surface area (Å²) in [6.07, 6.45) is 1.42. The van der Waals surface area contributed by atoms with Gasteiger partial charge in [0.25, 0.3) is 0 Å². The second kappa shape index (κ2) is 7.13. The average Bonchev–Trinajstić information content (AvgIpc) is 2.10. The van der Waals surface area contributed by atoms with Crippen LogP contribution in [0.1, 0.15) is 6.92 Å². The second-order valence-corrected chi connectivity index (χ2v) is 2.23. The first-order valence-electron chi connectivity index (χ1n) is 3.98. The third kappa shape index (κ3) is 5.70. The quantitative estimate of drug-likeness (QED) is 0.232. The van der Waals surface area contributed by atoms with E-state index in [1.54, 1.807) is 6.07 Å². The van der Waals surface area contributed by atoms with Gasteiger partial charge in [0.1, 0.15) is 17.5 Å². The lowest BCUT2D eigenvalue weighted by Gasteiger charge is -2.01. The van der Waals surface area contributed by atoms with Crippen molar-refractivity contribution in [1.82, 2.24) is 5.32 Å². The first-order chi connectivity index (χ1) is 6.22. The van der Waals surface area contributed by atoms with Crippen LogP contribution in [0.25, 0.3) is 0 Å². The molecule has 0 unspecified atom stereocenters. The van der Waals surface area contributed by atoms with Crippen LogP contribution in [0.15, 0.2) is 11.8 Å². The Morgan fingerprint density at radius 1 is 1.77 bits per heavy atom. The summed E-state index contributed by atoms with van der Waals surface area (Å²) in [6.45, 7) is 3.76. The molecule has 0 radical (unpaired) electrons. The van der Waals surface area contributed by atoms with Crippen LogP contribution in [-0.4, -0.2) is 25.6 Å². The number of hydrogen-bond donors (Lipinski definition) is 3. The topological polar surface area (TPSA) is 94.9 Å². The van der Waals surface area contributed by atoms with Gasteiger partial charge in [-0.1, -0.05) is 0 Å². The van der Waals surface area contributed by atoms with Crippen LogP contribution in [0, 0.1) is 16.7 Å². The molecule has 5 nitrogen and oxygen atoms in total. The molecule has 0 fully saturated rings. The van der Waals surface area contributed by atoms with Crippen LogP contribution in [0.4, 0.5) is 0 Å². The number of hydrogen-bond acceptors (Lipinski definition) is 4. The van der Waals surface area contributed by atoms with Gasteiger partial charge in [-0.25, -0.2) is 0 Å². The van der Waals surface area contributed by atoms with Crippen LogP contribution >= 0.6 is 0 Å². The van der Waals surface area contributed by atoms with Gasteiger partial charge in [0.05, 0.1) is 6.61 Å². The van der Waals surface area contributed by atoms with Crippen molar-refractivity contribution in [1.29, 1.82) is 10.7 Å². The molecule has 5 heteroatoms. The van der Waals surface area contributed by atoms with E-state index in [2.05, 4.69) is 5.32 Å². The minimum absolute atomic E-state index is 0.136. The van der Waals surface area contributed by atoms with E-state index < -0.39 is 0 Å². The number of nitrogens with two attached hydrogens (primary N) is 1. The van der Waals surface area contributed by atoms with Crippen LogP contribution in [0.5, 0.6) is 0 Å². The van der Waals surface area contributed by atoms with Crippen molar-refractivity contribution in [3.05, 3.63) is 11.8 Å². The van der Waals surface area contributed by atoms with Gasteiger partial charge in [0.15, 0.2) is 0 Å². The van der Waals surface area contributed by atoms with Gasteiger partial charge >= 0.3 is 0 Å². The Bertz CT molecular complexity index is 229. The minimum Gasteiger partial charge on any atom is -0.387 e. The molecule has 0 aliphatic rings. The average molecular weight is 182 g/mol. The molecule has 0 heterocycles. The fraction of sp³-hybridized carbons (Fsp3) is 0.500. The van der Waals surface area contributed by atoms with Crippen molar-refractivity contribution in [3.63, 3.8) is 0 Å². The fourth-order valence-electron chi connectivity index (χ4n) is 0.620. The Morgan fingerprint density at radius 3 is 2.92 bits per heavy atom. The molecule has 0 saturated heterocycles. The van der Waals surface area contributed by atoms with Crippen molar-refractivity contribution >= 4 is 5.84 Å². The highest BCUT2D eigenvalue weighted by atomic mass is 16.5. The molecule has 0 amide bonds. The Morgan fingerprint density at radius 2 is 2.46 bits per heavy atom. The molecule has 13 heavy (non-hydrogen) atoms. The summed E-state index contributed by atoms with van der Waals surface area (Å²) in [5, 5.41) is 18.3. The maximum absolute atomic E-state index is 8.49. The molecule has 0 spiro atoms. The number of rotatable bonds is 6. The molecule has 0 aliphatic heterocycles. The van der Waals surface area contributed by atoms with E-state index in [-0.39, 0.29) is 11.4 Å². The SMILES string of the molecule is CCOCCN/C=C(/C#N)C(=N)N. The molecular formula is C8H14N4O. The van der Waals surface area contributed by atoms with E-state index in [0.29, 0.717) is 19.8 Å². The van der Waals surface area contributed by atoms with E-state index in [1.165, 1.54) is 6.20 Å². The highest BCUT2D eigenvalue weighted by molar-refractivity contribution is 5.97. The van der Waals surface area contributed by atoms with Crippen molar-refractivity contribution in [2.45, 2.75) is 6.92 Å². The van der Waals surface area contributed by atoms with Crippen LogP contribution in [0.2, 0.25) is 0 Å². The number of nitrogens with one attached hydrogen (secondary N) is 2. The summed E-state index contributed by atoms with van der Waals surface area (Å²) in [5.41, 5.74) is 5.25. The van der Waals surface area contributed by atoms with E-state index in [0.717, 1.165) is 0 Å². The summed E-state index contributed by atoms with van der Waals surface area (Å²) in [7, 11) is 0. The smallest absolute Gasteiger partial charge is 0.135 e. The summed E-state index contributed by atoms with van der Waals surface area (Å²) in [5.74, 6) is -0.230. The zero-order valence-electron chi connectivity index (χ0n) is 7.63. The van der Waals surface area contributed by atoms with Gasteiger partial charge in [-0.05, 0) is 6.92 Å². The molecule has 0 bridgehead atoms. The van der Waals surface area contributed by atoms with Gasteiger partial charge in [-0.15, -0.1) is 0 Å². The predicted molar refractivity (Wildman–Crippen MR) is 50.1 cm³/mol. The molecule has 4 N–H and O–H groups in total. The normalized spacial score (nSPS) is 10.6. The number of ether oxygens (including phenoxy) is 1. The molecule has 0 saturated carbocycles. The summed E-state index contributed by atoms with van der Waals surface area (Å²) in [6, 6.07) is 1.80. The first-order valence-corrected chi connectivity index (χ1v) is 3.98. The van der Waals surface area contributed by atoms with Crippen molar-refractivity contribution in [3.8, 4) is 6.07 Å². The Labute approximate surface area is 77.7 Å². The zero-order chi connectivity index (χ0) is 10.1. The van der Waals surface area contributed by atoms with Gasteiger partial charge < -0.3 is 15.8 Å². The van der Waals surface area contributed by atoms with Crippen molar-refractivity contribution in [2.75, 3.05) is 19.8 Å². The Kier molecular flexibility index (Phi) is 6.28. The minimum atomic E-state index is -0.230. The second-order valence-electron chi connectivity index (χ2n) is 2.23. The number of nitriles is 1. The summed E-state index contributed by atoms with van der Waals surface area (Å²) < 4.78 is 5.05. The number of amidine groups is 1. The molecule has 0 aromatic rings. The lowest BCUT2D eigenvalue weighted by Crippen LogP contribution is -2.18. The predicted octanol–water partition coefficient (Wildman–Crippen LogP) is -0.0440. The van der Waals surface area contributed by atoms with E-state index in [4.69, 9.17) is 21.1 Å². The third-order valence-electron chi connectivity index (χ3n) is 1.25. The van der Waals surface area contributed by atoms with Crippen molar-refractivity contribution < 1.29 is 4.74 Å². The fourth-order valence-corrected chi connectivity index (χ4v) is 0.620. The van der Waals surface area contributed by atoms with Crippen LogP contribution < -0.4 is 11.1 Å². The van der Waals surface area contributed by atoms with E-state index in [9.17, 15) is 0 Å². The largest absolute Gasteiger partial charge is 0.387 e. The van der Waals surface area contributed by atoms with Gasteiger partial charge in [0.2, 0.25) is 0 Å². The molecule has 0 rings (SSSR count). The van der Waals surface area contributed by atoms with Gasteiger partial charge in [-0.3, -0.25) is 5.41 Å². The maximum Gasteiger partial charge on any atom is 0.135 e. The van der Waals surface area contributed by atoms with Gasteiger partial charge in [-0.2, -0.15) is 5.26 Å². The highest BCUT2D eigenvalue weighted by Crippen LogP contribution is 1.86. The van der Waals surface area contributed by atoms with Gasteiger partial charge in [0, 0.05) is 19.4 Å². The molecule has 0 atom stereocenters. The Hall–Kier alpha value is -1.54. The molecule has 72 valence electrons. The lowest BCUT2D eigenvalue weighted by atomic mass is 10.3. The number of nitrogens with zero attached hydrogens (tertiary/aromatic N) is 1. The van der Waals surface area contributed by atoms with E-state index in [1.807, 2.05) is 6.92 Å². The van der Waals surface area contributed by atoms with Crippen LogP contribution in [0.3, 0.4) is 0 Å². The van der Waals surface area contributed by atoms with Crippen molar-refractivity contribution in [2.24, 2.45) is 5.73 Å². The monoisotopic (exact) mass is 182 g/mol. The van der Waals surface area contributed by atoms with E-state index >= 15 is 0 Å². The lowest BCUT2D eigenvalue weighted by molar-refractivity contribution is 0.151. The molecular weight excluding hydrogens is 168 g/mol. The molecule has 0 aromatic heterocycles. The van der Waals surface area contributed by atoms with Crippen LogP contribution in [-0.2, 0) is 4.74 Å². The maximum atomic E-state index is 8.49. The Balaban J connectivity index is 3.70. The first kappa shape index (κ1) is 11.5. The highest BCUT2D eigenvalue weighted by Gasteiger charge is 1.96. The molecule has 0 aliphatic carbocycles. The summed E-state index contributed by atoms with van der Waals surface area (Å²) in [4.78, 5) is 0. The third-order valence-corrected chi connectivity index (χ3v) is 1.25. The molecule has 0 aromatic carbocycles. The standard InChI is InChI=1S/C8H14N4O/c1-2-13-4-3-12-6-7(5-9)8(10)11/h6,12H,2-4H2,1H3,(H3,10,11)/b7-6-. The summed E-state index contributed by atoms with van der Waals surface area (Å²) >= 11 is 0. The zero-order valence-corrected chi connectivity index (χ0v) is 7.63.